The van der Waals surface area contributed by atoms with Gasteiger partial charge in [-0.1, -0.05) is 93.6 Å². The predicted molar refractivity (Wildman–Crippen MR) is 152 cm³/mol. The molecule has 38 heavy (non-hydrogen) atoms. The summed E-state index contributed by atoms with van der Waals surface area (Å²) in [6.45, 7) is 9.64. The van der Waals surface area contributed by atoms with Crippen molar-refractivity contribution in [3.63, 3.8) is 0 Å². The summed E-state index contributed by atoms with van der Waals surface area (Å²) >= 11 is 0. The first-order chi connectivity index (χ1) is 18.1. The third kappa shape index (κ3) is 6.68. The highest BCUT2D eigenvalue weighted by atomic mass is 16.4. The van der Waals surface area contributed by atoms with E-state index in [-0.39, 0.29) is 17.5 Å². The van der Waals surface area contributed by atoms with Gasteiger partial charge in [-0.15, -0.1) is 0 Å². The Morgan fingerprint density at radius 2 is 1.55 bits per heavy atom. The van der Waals surface area contributed by atoms with Gasteiger partial charge in [-0.05, 0) is 58.6 Å². The Balaban J connectivity index is 1.38. The van der Waals surface area contributed by atoms with Crippen LogP contribution in [0.2, 0.25) is 0 Å². The van der Waals surface area contributed by atoms with E-state index in [1.54, 1.807) is 9.25 Å². The number of aliphatic carboxylic acids is 1. The molecule has 0 saturated carbocycles. The number of carbonyl (C=O) groups is 1. The Hall–Kier alpha value is -3.93. The lowest BCUT2D eigenvalue weighted by atomic mass is 9.87. The van der Waals surface area contributed by atoms with E-state index in [0.717, 1.165) is 47.3 Å². The monoisotopic (exact) mass is 511 g/mol. The Labute approximate surface area is 224 Å². The van der Waals surface area contributed by atoms with Gasteiger partial charge in [0.25, 0.3) is 0 Å². The molecule has 0 aliphatic carbocycles. The maximum Gasteiger partial charge on any atom is 0.346 e. The van der Waals surface area contributed by atoms with Gasteiger partial charge >= 0.3 is 11.7 Å². The molecular formula is C32H37N3O3. The second-order valence-electron chi connectivity index (χ2n) is 10.9. The molecule has 4 rings (SSSR count). The molecule has 0 unspecified atom stereocenters. The summed E-state index contributed by atoms with van der Waals surface area (Å²) in [5.74, 6) is 0.00116. The van der Waals surface area contributed by atoms with Gasteiger partial charge in [-0.3, -0.25) is 9.36 Å². The molecule has 3 aromatic carbocycles. The second-order valence-corrected chi connectivity index (χ2v) is 10.9. The Morgan fingerprint density at radius 1 is 0.868 bits per heavy atom. The van der Waals surface area contributed by atoms with Crippen molar-refractivity contribution in [3.8, 4) is 11.1 Å². The van der Waals surface area contributed by atoms with Crippen LogP contribution in [0.5, 0.6) is 0 Å². The van der Waals surface area contributed by atoms with Crippen molar-refractivity contribution in [2.75, 3.05) is 0 Å². The fraction of sp³-hybridized carbons (Fsp3) is 0.344. The number of aryl methyl sites for hydroxylation is 2. The lowest BCUT2D eigenvalue weighted by Gasteiger charge is -2.19. The van der Waals surface area contributed by atoms with Crippen molar-refractivity contribution >= 4 is 5.97 Å². The zero-order valence-electron chi connectivity index (χ0n) is 22.8. The molecule has 0 saturated heterocycles. The van der Waals surface area contributed by atoms with Crippen LogP contribution in [0.15, 0.2) is 77.6 Å². The van der Waals surface area contributed by atoms with E-state index in [9.17, 15) is 9.59 Å². The van der Waals surface area contributed by atoms with E-state index in [1.807, 2.05) is 31.2 Å². The molecule has 198 valence electrons. The molecule has 1 aromatic heterocycles. The van der Waals surface area contributed by atoms with Crippen LogP contribution in [0.25, 0.3) is 11.1 Å². The molecule has 0 aliphatic rings. The summed E-state index contributed by atoms with van der Waals surface area (Å²) < 4.78 is 3.36. The van der Waals surface area contributed by atoms with E-state index < -0.39 is 5.97 Å². The molecule has 0 fully saturated rings. The van der Waals surface area contributed by atoms with Crippen LogP contribution in [-0.2, 0) is 42.6 Å². The SMILES string of the molecule is CCn1c(CCCc2ccc(-c3cccc(CC(=O)O)c3)cc2)nn(Cc2ccc(C(C)(C)C)cc2)c1=O. The highest BCUT2D eigenvalue weighted by Gasteiger charge is 2.15. The number of carboxylic acids is 1. The van der Waals surface area contributed by atoms with Crippen molar-refractivity contribution in [1.29, 1.82) is 0 Å². The number of carboxylic acid groups (broad SMARTS) is 1. The number of hydrogen-bond acceptors (Lipinski definition) is 3. The van der Waals surface area contributed by atoms with Gasteiger partial charge in [0, 0.05) is 13.0 Å². The average Bonchev–Trinajstić information content (AvgIpc) is 3.17. The number of benzene rings is 3. The van der Waals surface area contributed by atoms with Gasteiger partial charge in [0.2, 0.25) is 0 Å². The molecule has 0 amide bonds. The first-order valence-corrected chi connectivity index (χ1v) is 13.3. The van der Waals surface area contributed by atoms with Crippen molar-refractivity contribution in [2.24, 2.45) is 0 Å². The molecule has 0 spiro atoms. The summed E-state index contributed by atoms with van der Waals surface area (Å²) in [6, 6.07) is 24.5. The summed E-state index contributed by atoms with van der Waals surface area (Å²) in [4.78, 5) is 24.0. The van der Waals surface area contributed by atoms with Crippen LogP contribution in [0.3, 0.4) is 0 Å². The lowest BCUT2D eigenvalue weighted by molar-refractivity contribution is -0.136. The van der Waals surface area contributed by atoms with E-state index in [4.69, 9.17) is 5.11 Å². The Bertz CT molecular complexity index is 1440. The maximum atomic E-state index is 13.0. The highest BCUT2D eigenvalue weighted by molar-refractivity contribution is 5.72. The van der Waals surface area contributed by atoms with Crippen molar-refractivity contribution in [2.45, 2.75) is 71.9 Å². The number of nitrogens with zero attached hydrogens (tertiary/aromatic N) is 3. The molecule has 0 aliphatic heterocycles. The van der Waals surface area contributed by atoms with Gasteiger partial charge in [0.05, 0.1) is 13.0 Å². The Kier molecular flexibility index (Phi) is 8.30. The molecule has 0 atom stereocenters. The van der Waals surface area contributed by atoms with Gasteiger partial charge < -0.3 is 5.11 Å². The summed E-state index contributed by atoms with van der Waals surface area (Å²) in [5.41, 5.74) is 6.48. The molecule has 6 heteroatoms. The standard InChI is InChI=1S/C32H37N3O3/c1-5-34-29(33-35(31(34)38)22-24-14-18-28(19-15-24)32(2,3)4)11-7-8-23-12-16-26(17-13-23)27-10-6-9-25(20-27)21-30(36)37/h6,9-10,12-20H,5,7-8,11,21-22H2,1-4H3,(H,36,37). The lowest BCUT2D eigenvalue weighted by Crippen LogP contribution is -2.25. The van der Waals surface area contributed by atoms with Crippen molar-refractivity contribution in [3.05, 3.63) is 111 Å². The normalized spacial score (nSPS) is 11.6. The molecule has 1 heterocycles. The summed E-state index contributed by atoms with van der Waals surface area (Å²) in [7, 11) is 0. The zero-order valence-corrected chi connectivity index (χ0v) is 22.8. The summed E-state index contributed by atoms with van der Waals surface area (Å²) in [5, 5.41) is 13.7. The number of hydrogen-bond donors (Lipinski definition) is 1. The van der Waals surface area contributed by atoms with E-state index in [1.165, 1.54) is 11.1 Å². The summed E-state index contributed by atoms with van der Waals surface area (Å²) in [6.07, 6.45) is 2.54. The van der Waals surface area contributed by atoms with Crippen LogP contribution >= 0.6 is 0 Å². The van der Waals surface area contributed by atoms with Gasteiger partial charge in [-0.2, -0.15) is 5.10 Å². The van der Waals surface area contributed by atoms with Crippen molar-refractivity contribution < 1.29 is 9.90 Å². The van der Waals surface area contributed by atoms with Crippen LogP contribution in [0.1, 0.15) is 62.2 Å². The van der Waals surface area contributed by atoms with Crippen LogP contribution in [0.4, 0.5) is 0 Å². The van der Waals surface area contributed by atoms with E-state index in [0.29, 0.717) is 13.1 Å². The Morgan fingerprint density at radius 3 is 2.18 bits per heavy atom. The third-order valence-electron chi connectivity index (χ3n) is 6.90. The fourth-order valence-electron chi connectivity index (χ4n) is 4.72. The number of aromatic nitrogens is 3. The minimum Gasteiger partial charge on any atom is -0.481 e. The molecule has 6 nitrogen and oxygen atoms in total. The molecule has 1 N–H and O–H groups in total. The smallest absolute Gasteiger partial charge is 0.346 e. The van der Waals surface area contributed by atoms with Crippen LogP contribution in [-0.4, -0.2) is 25.4 Å². The van der Waals surface area contributed by atoms with Gasteiger partial charge in [0.15, 0.2) is 0 Å². The highest BCUT2D eigenvalue weighted by Crippen LogP contribution is 2.23. The topological polar surface area (TPSA) is 77.1 Å². The van der Waals surface area contributed by atoms with Crippen LogP contribution < -0.4 is 5.69 Å². The zero-order chi connectivity index (χ0) is 27.3. The van der Waals surface area contributed by atoms with E-state index >= 15 is 0 Å². The van der Waals surface area contributed by atoms with Gasteiger partial charge in [0.1, 0.15) is 5.82 Å². The van der Waals surface area contributed by atoms with E-state index in [2.05, 4.69) is 74.4 Å². The largest absolute Gasteiger partial charge is 0.481 e. The minimum absolute atomic E-state index is 0.0218. The van der Waals surface area contributed by atoms with Crippen molar-refractivity contribution in [1.82, 2.24) is 14.3 Å². The second kappa shape index (κ2) is 11.6. The third-order valence-corrected chi connectivity index (χ3v) is 6.90. The predicted octanol–water partition coefficient (Wildman–Crippen LogP) is 5.88. The fourth-order valence-corrected chi connectivity index (χ4v) is 4.72. The van der Waals surface area contributed by atoms with Gasteiger partial charge in [-0.25, -0.2) is 9.48 Å². The molecular weight excluding hydrogens is 474 g/mol. The quantitative estimate of drug-likeness (QED) is 0.288. The average molecular weight is 512 g/mol. The van der Waals surface area contributed by atoms with Crippen LogP contribution in [0, 0.1) is 0 Å². The molecule has 0 radical (unpaired) electrons. The molecule has 4 aromatic rings. The number of rotatable bonds is 10. The minimum atomic E-state index is -0.828. The maximum absolute atomic E-state index is 13.0. The molecule has 0 bridgehead atoms. The first-order valence-electron chi connectivity index (χ1n) is 13.3. The first kappa shape index (κ1) is 27.1.